The predicted octanol–water partition coefficient (Wildman–Crippen LogP) is 2.38. The molecule has 2 fully saturated rings. The highest BCUT2D eigenvalue weighted by molar-refractivity contribution is 5.95. The van der Waals surface area contributed by atoms with Crippen LogP contribution in [0.4, 0.5) is 0 Å². The number of ether oxygens (including phenoxy) is 2. The molecule has 0 bridgehead atoms. The first-order valence-corrected chi connectivity index (χ1v) is 9.03. The summed E-state index contributed by atoms with van der Waals surface area (Å²) in [6.07, 6.45) is 4.84. The molecule has 0 N–H and O–H groups in total. The maximum absolute atomic E-state index is 13.0. The van der Waals surface area contributed by atoms with E-state index in [1.165, 1.54) is 6.33 Å². The van der Waals surface area contributed by atoms with Gasteiger partial charge >= 0.3 is 0 Å². The molecule has 6 heteroatoms. The van der Waals surface area contributed by atoms with Gasteiger partial charge in [-0.25, -0.2) is 9.97 Å². The van der Waals surface area contributed by atoms with Crippen molar-refractivity contribution in [2.45, 2.75) is 38.1 Å². The minimum Gasteiger partial charge on any atom is -0.370 e. The second-order valence-electron chi connectivity index (χ2n) is 7.01. The summed E-state index contributed by atoms with van der Waals surface area (Å²) in [5, 5.41) is 0. The van der Waals surface area contributed by atoms with Crippen LogP contribution in [-0.4, -0.2) is 52.2 Å². The molecule has 2 aliphatic heterocycles. The van der Waals surface area contributed by atoms with Crippen LogP contribution in [0, 0.1) is 6.92 Å². The lowest BCUT2D eigenvalue weighted by Crippen LogP contribution is -2.42. The van der Waals surface area contributed by atoms with E-state index in [2.05, 4.69) is 9.97 Å². The zero-order valence-electron chi connectivity index (χ0n) is 14.9. The van der Waals surface area contributed by atoms with E-state index in [0.29, 0.717) is 31.0 Å². The van der Waals surface area contributed by atoms with Crippen LogP contribution in [0.2, 0.25) is 0 Å². The van der Waals surface area contributed by atoms with E-state index in [9.17, 15) is 4.79 Å². The second-order valence-corrected chi connectivity index (χ2v) is 7.01. The molecule has 1 aromatic heterocycles. The molecule has 0 aliphatic carbocycles. The van der Waals surface area contributed by atoms with Gasteiger partial charge in [-0.1, -0.05) is 30.3 Å². The Labute approximate surface area is 153 Å². The number of aromatic nitrogens is 2. The summed E-state index contributed by atoms with van der Waals surface area (Å²) in [5.74, 6) is -0.0520. The molecular weight excluding hydrogens is 330 g/mol. The summed E-state index contributed by atoms with van der Waals surface area (Å²) in [5.41, 5.74) is 1.97. The molecule has 6 nitrogen and oxygen atoms in total. The molecule has 4 rings (SSSR count). The molecular formula is C20H23N3O3. The zero-order valence-corrected chi connectivity index (χ0v) is 14.9. The maximum Gasteiger partial charge on any atom is 0.257 e. The molecule has 136 valence electrons. The number of benzene rings is 1. The van der Waals surface area contributed by atoms with Gasteiger partial charge in [0.2, 0.25) is 0 Å². The molecule has 1 aromatic carbocycles. The van der Waals surface area contributed by atoms with Gasteiger partial charge in [0.25, 0.3) is 5.91 Å². The largest absolute Gasteiger partial charge is 0.370 e. The van der Waals surface area contributed by atoms with Gasteiger partial charge in [-0.2, -0.15) is 0 Å². The highest BCUT2D eigenvalue weighted by atomic mass is 16.6. The Balaban J connectivity index is 1.51. The molecule has 1 spiro atoms. The normalized spacial score (nSPS) is 25.1. The highest BCUT2D eigenvalue weighted by Crippen LogP contribution is 2.38. The lowest BCUT2D eigenvalue weighted by molar-refractivity contribution is -0.0959. The van der Waals surface area contributed by atoms with E-state index in [4.69, 9.17) is 9.47 Å². The average Bonchev–Trinajstić information content (AvgIpc) is 3.28. The third kappa shape index (κ3) is 3.22. The van der Waals surface area contributed by atoms with Gasteiger partial charge in [0.15, 0.2) is 0 Å². The quantitative estimate of drug-likeness (QED) is 0.844. The molecule has 26 heavy (non-hydrogen) atoms. The van der Waals surface area contributed by atoms with Crippen molar-refractivity contribution in [2.75, 3.05) is 19.7 Å². The molecule has 2 aliphatic rings. The molecule has 0 radical (unpaired) electrons. The first-order valence-electron chi connectivity index (χ1n) is 9.03. The lowest BCUT2D eigenvalue weighted by atomic mass is 9.96. The number of carbonyl (C=O) groups excluding carboxylic acids is 1. The monoisotopic (exact) mass is 353 g/mol. The number of carbonyl (C=O) groups is 1. The van der Waals surface area contributed by atoms with E-state index in [0.717, 1.165) is 25.0 Å². The van der Waals surface area contributed by atoms with Gasteiger partial charge in [0.1, 0.15) is 18.0 Å². The molecule has 0 unspecified atom stereocenters. The van der Waals surface area contributed by atoms with Crippen molar-refractivity contribution < 1.29 is 14.3 Å². The number of likely N-dealkylation sites (tertiary alicyclic amines) is 1. The molecule has 3 heterocycles. The van der Waals surface area contributed by atoms with Crippen molar-refractivity contribution in [3.05, 3.63) is 59.7 Å². The summed E-state index contributed by atoms with van der Waals surface area (Å²) < 4.78 is 12.3. The number of aryl methyl sites for hydroxylation is 1. The lowest BCUT2D eigenvalue weighted by Gasteiger charge is -2.28. The van der Waals surface area contributed by atoms with Gasteiger partial charge in [0.05, 0.1) is 31.0 Å². The minimum atomic E-state index is -0.395. The van der Waals surface area contributed by atoms with Crippen LogP contribution < -0.4 is 0 Å². The van der Waals surface area contributed by atoms with Crippen LogP contribution in [-0.2, 0) is 16.1 Å². The summed E-state index contributed by atoms with van der Waals surface area (Å²) in [6, 6.07) is 10.1. The van der Waals surface area contributed by atoms with Gasteiger partial charge in [0, 0.05) is 12.8 Å². The summed E-state index contributed by atoms with van der Waals surface area (Å²) in [6.45, 7) is 4.16. The Hall–Kier alpha value is -2.31. The third-order valence-electron chi connectivity index (χ3n) is 5.29. The van der Waals surface area contributed by atoms with Crippen molar-refractivity contribution >= 4 is 5.91 Å². The fraction of sp³-hybridized carbons (Fsp3) is 0.450. The summed E-state index contributed by atoms with van der Waals surface area (Å²) >= 11 is 0. The molecule has 2 aromatic rings. The van der Waals surface area contributed by atoms with E-state index < -0.39 is 5.60 Å². The van der Waals surface area contributed by atoms with Crippen molar-refractivity contribution in [3.8, 4) is 0 Å². The summed E-state index contributed by atoms with van der Waals surface area (Å²) in [7, 11) is 0. The maximum atomic E-state index is 13.0. The van der Waals surface area contributed by atoms with Crippen molar-refractivity contribution in [3.63, 3.8) is 0 Å². The van der Waals surface area contributed by atoms with Crippen molar-refractivity contribution in [2.24, 2.45) is 0 Å². The third-order valence-corrected chi connectivity index (χ3v) is 5.29. The molecule has 0 saturated carbocycles. The van der Waals surface area contributed by atoms with Crippen molar-refractivity contribution in [1.82, 2.24) is 14.9 Å². The fourth-order valence-corrected chi connectivity index (χ4v) is 3.86. The van der Waals surface area contributed by atoms with Crippen molar-refractivity contribution in [1.29, 1.82) is 0 Å². The SMILES string of the molecule is Cc1ncncc1C(=O)N1C[C@H](OCc2ccccc2)[C@]2(CCCO2)C1. The van der Waals surface area contributed by atoms with Crippen LogP contribution in [0.25, 0.3) is 0 Å². The molecule has 2 saturated heterocycles. The van der Waals surface area contributed by atoms with Crippen LogP contribution >= 0.6 is 0 Å². The Morgan fingerprint density at radius 2 is 2.23 bits per heavy atom. The number of nitrogens with zero attached hydrogens (tertiary/aromatic N) is 3. The number of rotatable bonds is 4. The molecule has 2 atom stereocenters. The predicted molar refractivity (Wildman–Crippen MR) is 95.6 cm³/mol. The number of hydrogen-bond donors (Lipinski definition) is 0. The van der Waals surface area contributed by atoms with Gasteiger partial charge in [-0.3, -0.25) is 4.79 Å². The van der Waals surface area contributed by atoms with Crippen LogP contribution in [0.5, 0.6) is 0 Å². The van der Waals surface area contributed by atoms with Gasteiger partial charge < -0.3 is 14.4 Å². The highest BCUT2D eigenvalue weighted by Gasteiger charge is 2.52. The Morgan fingerprint density at radius 1 is 1.38 bits per heavy atom. The standard InChI is InChI=1S/C20H23N3O3/c1-15-17(10-21-14-22-15)19(24)23-11-18(20(13-23)8-5-9-26-20)25-12-16-6-3-2-4-7-16/h2-4,6-7,10,14,18H,5,8-9,11-13H2,1H3/t18-,20-/m0/s1. The number of hydrogen-bond acceptors (Lipinski definition) is 5. The fourth-order valence-electron chi connectivity index (χ4n) is 3.86. The Bertz CT molecular complexity index is 775. The van der Waals surface area contributed by atoms with Gasteiger partial charge in [-0.15, -0.1) is 0 Å². The summed E-state index contributed by atoms with van der Waals surface area (Å²) in [4.78, 5) is 22.9. The average molecular weight is 353 g/mol. The second kappa shape index (κ2) is 7.13. The van der Waals surface area contributed by atoms with Gasteiger partial charge in [-0.05, 0) is 25.3 Å². The van der Waals surface area contributed by atoms with E-state index >= 15 is 0 Å². The van der Waals surface area contributed by atoms with Crippen LogP contribution in [0.15, 0.2) is 42.9 Å². The smallest absolute Gasteiger partial charge is 0.257 e. The first-order chi connectivity index (χ1) is 12.7. The van der Waals surface area contributed by atoms with E-state index in [-0.39, 0.29) is 12.0 Å². The molecule has 1 amide bonds. The Kier molecular flexibility index (Phi) is 4.70. The van der Waals surface area contributed by atoms with E-state index in [1.807, 2.05) is 42.2 Å². The number of amides is 1. The minimum absolute atomic E-state index is 0.0520. The van der Waals surface area contributed by atoms with E-state index in [1.54, 1.807) is 6.20 Å². The topological polar surface area (TPSA) is 64.6 Å². The van der Waals surface area contributed by atoms with Crippen LogP contribution in [0.1, 0.15) is 34.5 Å². The van der Waals surface area contributed by atoms with Crippen LogP contribution in [0.3, 0.4) is 0 Å². The first kappa shape index (κ1) is 17.1. The zero-order chi connectivity index (χ0) is 18.0. The Morgan fingerprint density at radius 3 is 2.96 bits per heavy atom.